The van der Waals surface area contributed by atoms with E-state index in [2.05, 4.69) is 0 Å². The zero-order chi connectivity index (χ0) is 13.0. The molecule has 100 valence electrons. The highest BCUT2D eigenvalue weighted by atomic mass is 35.5. The predicted octanol–water partition coefficient (Wildman–Crippen LogP) is 5.09. The second-order valence-electron chi connectivity index (χ2n) is 5.24. The smallest absolute Gasteiger partial charge is 0.162 e. The van der Waals surface area contributed by atoms with E-state index in [1.807, 2.05) is 0 Å². The monoisotopic (exact) mass is 272 g/mol. The van der Waals surface area contributed by atoms with E-state index < -0.39 is 11.6 Å². The van der Waals surface area contributed by atoms with Crippen molar-refractivity contribution in [1.82, 2.24) is 0 Å². The minimum Gasteiger partial charge on any atom is -0.204 e. The van der Waals surface area contributed by atoms with Crippen LogP contribution < -0.4 is 0 Å². The fourth-order valence-electron chi connectivity index (χ4n) is 2.76. The number of alkyl halides is 1. The van der Waals surface area contributed by atoms with Crippen molar-refractivity contribution in [3.8, 4) is 0 Å². The first-order valence-corrected chi connectivity index (χ1v) is 7.17. The van der Waals surface area contributed by atoms with Crippen molar-refractivity contribution in [3.05, 3.63) is 35.4 Å². The molecule has 1 atom stereocenters. The van der Waals surface area contributed by atoms with Crippen LogP contribution in [-0.4, -0.2) is 5.38 Å². The van der Waals surface area contributed by atoms with Crippen molar-refractivity contribution in [3.63, 3.8) is 0 Å². The summed E-state index contributed by atoms with van der Waals surface area (Å²) in [4.78, 5) is 0. The second kappa shape index (κ2) is 6.51. The number of benzene rings is 1. The van der Waals surface area contributed by atoms with Gasteiger partial charge in [-0.25, -0.2) is 8.78 Å². The van der Waals surface area contributed by atoms with Crippen molar-refractivity contribution in [2.75, 3.05) is 0 Å². The number of hydrogen-bond acceptors (Lipinski definition) is 0. The third-order valence-corrected chi connectivity index (χ3v) is 4.21. The summed E-state index contributed by atoms with van der Waals surface area (Å²) >= 11 is 6.23. The Bertz CT molecular complexity index is 386. The summed E-state index contributed by atoms with van der Waals surface area (Å²) < 4.78 is 26.5. The molecule has 0 radical (unpaired) electrons. The fraction of sp³-hybridized carbons (Fsp3) is 0.600. The molecule has 0 spiro atoms. The molecule has 0 saturated heterocycles. The Morgan fingerprint density at radius 3 is 2.67 bits per heavy atom. The van der Waals surface area contributed by atoms with Crippen LogP contribution in [0.25, 0.3) is 0 Å². The Hall–Kier alpha value is -0.630. The quantitative estimate of drug-likeness (QED) is 0.655. The molecule has 0 aromatic heterocycles. The lowest BCUT2D eigenvalue weighted by Gasteiger charge is -2.13. The SMILES string of the molecule is Fc1cccc(CC(Cl)CCC2CCCC2)c1F. The molecule has 1 aliphatic rings. The standard InChI is InChI=1S/C15H19ClF2/c16-13(9-8-11-4-1-2-5-11)10-12-6-3-7-14(17)15(12)18/h3,6-7,11,13H,1-2,4-5,8-10H2. The van der Waals surface area contributed by atoms with Crippen LogP contribution in [0.1, 0.15) is 44.1 Å². The van der Waals surface area contributed by atoms with E-state index in [0.29, 0.717) is 12.0 Å². The van der Waals surface area contributed by atoms with Gasteiger partial charge in [-0.3, -0.25) is 0 Å². The molecule has 1 fully saturated rings. The first kappa shape index (κ1) is 13.8. The Morgan fingerprint density at radius 1 is 1.22 bits per heavy atom. The molecule has 3 heteroatoms. The van der Waals surface area contributed by atoms with Gasteiger partial charge in [0.25, 0.3) is 0 Å². The lowest BCUT2D eigenvalue weighted by Crippen LogP contribution is -2.08. The number of hydrogen-bond donors (Lipinski definition) is 0. The van der Waals surface area contributed by atoms with E-state index >= 15 is 0 Å². The van der Waals surface area contributed by atoms with Gasteiger partial charge in [-0.1, -0.05) is 37.8 Å². The molecule has 1 unspecified atom stereocenters. The Labute approximate surface area is 112 Å². The summed E-state index contributed by atoms with van der Waals surface area (Å²) in [5, 5.41) is -0.0955. The molecule has 0 amide bonds. The van der Waals surface area contributed by atoms with Crippen LogP contribution in [-0.2, 0) is 6.42 Å². The molecule has 0 nitrogen and oxygen atoms in total. The molecule has 1 aliphatic carbocycles. The highest BCUT2D eigenvalue weighted by Gasteiger charge is 2.18. The average molecular weight is 273 g/mol. The highest BCUT2D eigenvalue weighted by molar-refractivity contribution is 6.20. The maximum atomic E-state index is 13.5. The maximum Gasteiger partial charge on any atom is 0.162 e. The van der Waals surface area contributed by atoms with Crippen LogP contribution in [0.5, 0.6) is 0 Å². The van der Waals surface area contributed by atoms with Crippen molar-refractivity contribution in [2.24, 2.45) is 5.92 Å². The Balaban J connectivity index is 1.82. The molecule has 2 rings (SSSR count). The molecular formula is C15H19ClF2. The largest absolute Gasteiger partial charge is 0.204 e. The van der Waals surface area contributed by atoms with Crippen LogP contribution >= 0.6 is 11.6 Å². The van der Waals surface area contributed by atoms with E-state index in [9.17, 15) is 8.78 Å². The van der Waals surface area contributed by atoms with Gasteiger partial charge in [0.1, 0.15) is 0 Å². The van der Waals surface area contributed by atoms with Crippen LogP contribution in [0, 0.1) is 17.6 Å². The van der Waals surface area contributed by atoms with Gasteiger partial charge in [0.2, 0.25) is 0 Å². The lowest BCUT2D eigenvalue weighted by atomic mass is 9.98. The van der Waals surface area contributed by atoms with Gasteiger partial charge in [-0.15, -0.1) is 11.6 Å². The zero-order valence-electron chi connectivity index (χ0n) is 10.5. The van der Waals surface area contributed by atoms with Gasteiger partial charge in [-0.05, 0) is 36.8 Å². The van der Waals surface area contributed by atoms with E-state index in [4.69, 9.17) is 11.6 Å². The van der Waals surface area contributed by atoms with Crippen LogP contribution in [0.4, 0.5) is 8.78 Å². The Morgan fingerprint density at radius 2 is 1.94 bits per heavy atom. The van der Waals surface area contributed by atoms with Gasteiger partial charge in [0.15, 0.2) is 11.6 Å². The molecule has 0 bridgehead atoms. The first-order valence-electron chi connectivity index (χ1n) is 6.73. The fourth-order valence-corrected chi connectivity index (χ4v) is 3.05. The van der Waals surface area contributed by atoms with Crippen molar-refractivity contribution >= 4 is 11.6 Å². The molecule has 1 saturated carbocycles. The summed E-state index contributed by atoms with van der Waals surface area (Å²) in [5.74, 6) is -0.736. The maximum absolute atomic E-state index is 13.5. The van der Waals surface area contributed by atoms with Crippen molar-refractivity contribution in [1.29, 1.82) is 0 Å². The van der Waals surface area contributed by atoms with E-state index in [-0.39, 0.29) is 5.38 Å². The third kappa shape index (κ3) is 3.68. The van der Waals surface area contributed by atoms with Crippen LogP contribution in [0.15, 0.2) is 18.2 Å². The minimum absolute atomic E-state index is 0.0955. The van der Waals surface area contributed by atoms with Gasteiger partial charge >= 0.3 is 0 Å². The van der Waals surface area contributed by atoms with Gasteiger partial charge in [0, 0.05) is 5.38 Å². The van der Waals surface area contributed by atoms with Gasteiger partial charge < -0.3 is 0 Å². The summed E-state index contributed by atoms with van der Waals surface area (Å²) in [5.41, 5.74) is 0.390. The lowest BCUT2D eigenvalue weighted by molar-refractivity contribution is 0.468. The summed E-state index contributed by atoms with van der Waals surface area (Å²) in [6.45, 7) is 0. The summed E-state index contributed by atoms with van der Waals surface area (Å²) in [6.07, 6.45) is 7.69. The van der Waals surface area contributed by atoms with E-state index in [1.165, 1.54) is 31.7 Å². The molecule has 1 aromatic carbocycles. The molecule has 18 heavy (non-hydrogen) atoms. The van der Waals surface area contributed by atoms with Gasteiger partial charge in [-0.2, -0.15) is 0 Å². The Kier molecular flexibility index (Phi) is 4.99. The summed E-state index contributed by atoms with van der Waals surface area (Å²) in [7, 11) is 0. The molecule has 0 heterocycles. The number of rotatable bonds is 5. The topological polar surface area (TPSA) is 0 Å². The van der Waals surface area contributed by atoms with Crippen molar-refractivity contribution in [2.45, 2.75) is 50.3 Å². The molecule has 0 aliphatic heterocycles. The van der Waals surface area contributed by atoms with Gasteiger partial charge in [0.05, 0.1) is 0 Å². The summed E-state index contributed by atoms with van der Waals surface area (Å²) in [6, 6.07) is 4.29. The minimum atomic E-state index is -0.785. The first-order chi connectivity index (χ1) is 8.66. The second-order valence-corrected chi connectivity index (χ2v) is 5.86. The van der Waals surface area contributed by atoms with Crippen LogP contribution in [0.3, 0.4) is 0 Å². The van der Waals surface area contributed by atoms with Crippen molar-refractivity contribution < 1.29 is 8.78 Å². The highest BCUT2D eigenvalue weighted by Crippen LogP contribution is 2.30. The molecular weight excluding hydrogens is 254 g/mol. The number of halogens is 3. The molecule has 0 N–H and O–H groups in total. The third-order valence-electron chi connectivity index (χ3n) is 3.84. The average Bonchev–Trinajstić information content (AvgIpc) is 2.86. The van der Waals surface area contributed by atoms with E-state index in [1.54, 1.807) is 6.07 Å². The zero-order valence-corrected chi connectivity index (χ0v) is 11.2. The van der Waals surface area contributed by atoms with Crippen LogP contribution in [0.2, 0.25) is 0 Å². The molecule has 1 aromatic rings. The predicted molar refractivity (Wildman–Crippen MR) is 70.9 cm³/mol. The van der Waals surface area contributed by atoms with E-state index in [0.717, 1.165) is 24.8 Å². The normalized spacial score (nSPS) is 18.2.